The molecule has 0 unspecified atom stereocenters. The van der Waals surface area contributed by atoms with Crippen LogP contribution >= 0.6 is 11.3 Å². The summed E-state index contributed by atoms with van der Waals surface area (Å²) < 4.78 is 1.79. The summed E-state index contributed by atoms with van der Waals surface area (Å²) in [4.78, 5) is 8.65. The van der Waals surface area contributed by atoms with Crippen molar-refractivity contribution in [3.05, 3.63) is 47.5 Å². The quantitative estimate of drug-likeness (QED) is 0.784. The molecule has 0 radical (unpaired) electrons. The molecule has 3 aromatic heterocycles. The first kappa shape index (κ1) is 13.4. The number of nitrogens with zero attached hydrogens (tertiary/aromatic N) is 5. The van der Waals surface area contributed by atoms with E-state index in [9.17, 15) is 0 Å². The van der Waals surface area contributed by atoms with Crippen LogP contribution in [0.25, 0.3) is 5.00 Å². The van der Waals surface area contributed by atoms with Gasteiger partial charge in [0, 0.05) is 17.7 Å². The van der Waals surface area contributed by atoms with E-state index in [1.54, 1.807) is 22.3 Å². The Kier molecular flexibility index (Phi) is 3.56. The van der Waals surface area contributed by atoms with Crippen LogP contribution in [0.1, 0.15) is 36.6 Å². The molecule has 1 N–H and O–H groups in total. The molecule has 3 aromatic rings. The SMILES string of the molecule is c1csc(-n2cc(CNc3cc(C4CCC4)ncn3)nn2)c1. The highest BCUT2D eigenvalue weighted by atomic mass is 32.1. The van der Waals surface area contributed by atoms with Gasteiger partial charge < -0.3 is 5.32 Å². The van der Waals surface area contributed by atoms with E-state index < -0.39 is 0 Å². The summed E-state index contributed by atoms with van der Waals surface area (Å²) >= 11 is 1.64. The molecule has 1 aliphatic carbocycles. The van der Waals surface area contributed by atoms with Crippen molar-refractivity contribution in [3.8, 4) is 5.00 Å². The summed E-state index contributed by atoms with van der Waals surface area (Å²) in [5, 5.41) is 14.7. The molecule has 1 aliphatic rings. The Labute approximate surface area is 132 Å². The van der Waals surface area contributed by atoms with Crippen molar-refractivity contribution in [2.45, 2.75) is 31.7 Å². The lowest BCUT2D eigenvalue weighted by atomic mass is 9.83. The van der Waals surface area contributed by atoms with Gasteiger partial charge in [0.1, 0.15) is 22.8 Å². The molecule has 0 aromatic carbocycles. The number of rotatable bonds is 5. The zero-order chi connectivity index (χ0) is 14.8. The average Bonchev–Trinajstić information content (AvgIpc) is 3.15. The van der Waals surface area contributed by atoms with Crippen LogP contribution in [0.3, 0.4) is 0 Å². The van der Waals surface area contributed by atoms with E-state index in [0.29, 0.717) is 12.5 Å². The predicted molar refractivity (Wildman–Crippen MR) is 85.2 cm³/mol. The molecule has 0 atom stereocenters. The lowest BCUT2D eigenvalue weighted by Gasteiger charge is -2.24. The molecule has 0 bridgehead atoms. The topological polar surface area (TPSA) is 68.5 Å². The summed E-state index contributed by atoms with van der Waals surface area (Å²) in [6, 6.07) is 6.07. The Bertz CT molecular complexity index is 747. The summed E-state index contributed by atoms with van der Waals surface area (Å²) in [7, 11) is 0. The highest BCUT2D eigenvalue weighted by Gasteiger charge is 2.21. The first-order chi connectivity index (χ1) is 10.9. The van der Waals surface area contributed by atoms with Gasteiger partial charge in [-0.2, -0.15) is 0 Å². The van der Waals surface area contributed by atoms with Crippen LogP contribution < -0.4 is 5.32 Å². The average molecular weight is 312 g/mol. The number of nitrogens with one attached hydrogen (secondary N) is 1. The maximum atomic E-state index is 4.37. The molecule has 0 spiro atoms. The largest absolute Gasteiger partial charge is 0.364 e. The third-order valence-corrected chi connectivity index (χ3v) is 4.79. The Morgan fingerprint density at radius 1 is 1.32 bits per heavy atom. The van der Waals surface area contributed by atoms with E-state index in [1.807, 2.05) is 29.8 Å². The highest BCUT2D eigenvalue weighted by molar-refractivity contribution is 7.12. The second-order valence-corrected chi connectivity index (χ2v) is 6.34. The minimum Gasteiger partial charge on any atom is -0.364 e. The van der Waals surface area contributed by atoms with Crippen LogP contribution in [0, 0.1) is 0 Å². The number of hydrogen-bond acceptors (Lipinski definition) is 6. The normalized spacial score (nSPS) is 14.7. The summed E-state index contributed by atoms with van der Waals surface area (Å²) in [5.74, 6) is 1.46. The number of hydrogen-bond donors (Lipinski definition) is 1. The van der Waals surface area contributed by atoms with E-state index in [0.717, 1.165) is 22.2 Å². The molecular weight excluding hydrogens is 296 g/mol. The zero-order valence-electron chi connectivity index (χ0n) is 12.0. The first-order valence-electron chi connectivity index (χ1n) is 7.39. The van der Waals surface area contributed by atoms with Gasteiger partial charge in [-0.15, -0.1) is 16.4 Å². The fourth-order valence-electron chi connectivity index (χ4n) is 2.46. The van der Waals surface area contributed by atoms with Gasteiger partial charge >= 0.3 is 0 Å². The molecule has 0 saturated heterocycles. The minimum atomic E-state index is 0.604. The molecular formula is C15H16N6S. The molecule has 0 amide bonds. The second kappa shape index (κ2) is 5.84. The van der Waals surface area contributed by atoms with E-state index >= 15 is 0 Å². The molecule has 7 heteroatoms. The number of thiophene rings is 1. The Morgan fingerprint density at radius 3 is 3.05 bits per heavy atom. The maximum absolute atomic E-state index is 4.37. The van der Waals surface area contributed by atoms with E-state index in [1.165, 1.54) is 19.3 Å². The van der Waals surface area contributed by atoms with Crippen LogP contribution in [-0.2, 0) is 6.54 Å². The Balaban J connectivity index is 1.42. The molecule has 6 nitrogen and oxygen atoms in total. The summed E-state index contributed by atoms with van der Waals surface area (Å²) in [6.45, 7) is 0.604. The van der Waals surface area contributed by atoms with Crippen molar-refractivity contribution in [2.24, 2.45) is 0 Å². The standard InChI is InChI=1S/C15H16N6S/c1-3-11(4-1)13-7-14(18-10-17-13)16-8-12-9-21(20-19-12)15-5-2-6-22-15/h2,5-7,9-11H,1,3-4,8H2,(H,16,17,18). The van der Waals surface area contributed by atoms with Gasteiger partial charge in [-0.3, -0.25) is 0 Å². The van der Waals surface area contributed by atoms with Crippen molar-refractivity contribution in [1.29, 1.82) is 0 Å². The van der Waals surface area contributed by atoms with Crippen LogP contribution in [0.15, 0.2) is 36.1 Å². The molecule has 1 saturated carbocycles. The fourth-order valence-corrected chi connectivity index (χ4v) is 3.12. The molecule has 112 valence electrons. The lowest BCUT2D eigenvalue weighted by molar-refractivity contribution is 0.411. The third kappa shape index (κ3) is 2.71. The zero-order valence-corrected chi connectivity index (χ0v) is 12.8. The predicted octanol–water partition coefficient (Wildman–Crippen LogP) is 3.00. The van der Waals surface area contributed by atoms with Crippen LogP contribution in [-0.4, -0.2) is 25.0 Å². The van der Waals surface area contributed by atoms with Crippen LogP contribution in [0.4, 0.5) is 5.82 Å². The monoisotopic (exact) mass is 312 g/mol. The molecule has 0 aliphatic heterocycles. The van der Waals surface area contributed by atoms with Crippen LogP contribution in [0.5, 0.6) is 0 Å². The molecule has 1 fully saturated rings. The van der Waals surface area contributed by atoms with E-state index in [4.69, 9.17) is 0 Å². The van der Waals surface area contributed by atoms with E-state index in [2.05, 4.69) is 25.6 Å². The van der Waals surface area contributed by atoms with Gasteiger partial charge in [-0.1, -0.05) is 11.6 Å². The minimum absolute atomic E-state index is 0.604. The maximum Gasteiger partial charge on any atom is 0.129 e. The van der Waals surface area contributed by atoms with Crippen LogP contribution in [0.2, 0.25) is 0 Å². The van der Waals surface area contributed by atoms with Crippen molar-refractivity contribution < 1.29 is 0 Å². The Morgan fingerprint density at radius 2 is 2.27 bits per heavy atom. The lowest BCUT2D eigenvalue weighted by Crippen LogP contribution is -2.11. The Hall–Kier alpha value is -2.28. The van der Waals surface area contributed by atoms with Gasteiger partial charge in [0.05, 0.1) is 12.7 Å². The third-order valence-electron chi connectivity index (χ3n) is 3.94. The molecule has 22 heavy (non-hydrogen) atoms. The fraction of sp³-hybridized carbons (Fsp3) is 0.333. The highest BCUT2D eigenvalue weighted by Crippen LogP contribution is 2.35. The second-order valence-electron chi connectivity index (χ2n) is 5.42. The van der Waals surface area contributed by atoms with Gasteiger partial charge in [-0.25, -0.2) is 14.6 Å². The van der Waals surface area contributed by atoms with Crippen molar-refractivity contribution >= 4 is 17.2 Å². The smallest absolute Gasteiger partial charge is 0.129 e. The van der Waals surface area contributed by atoms with Crippen molar-refractivity contribution in [3.63, 3.8) is 0 Å². The first-order valence-corrected chi connectivity index (χ1v) is 8.27. The van der Waals surface area contributed by atoms with Crippen molar-refractivity contribution in [2.75, 3.05) is 5.32 Å². The van der Waals surface area contributed by atoms with Crippen molar-refractivity contribution in [1.82, 2.24) is 25.0 Å². The summed E-state index contributed by atoms with van der Waals surface area (Å²) in [6.07, 6.45) is 7.37. The van der Waals surface area contributed by atoms with Gasteiger partial charge in [0.2, 0.25) is 0 Å². The van der Waals surface area contributed by atoms with Gasteiger partial charge in [0.15, 0.2) is 0 Å². The van der Waals surface area contributed by atoms with Gasteiger partial charge in [-0.05, 0) is 30.4 Å². The number of anilines is 1. The molecule has 4 rings (SSSR count). The summed E-state index contributed by atoms with van der Waals surface area (Å²) in [5.41, 5.74) is 2.03. The number of aromatic nitrogens is 5. The van der Waals surface area contributed by atoms with E-state index in [-0.39, 0.29) is 0 Å². The van der Waals surface area contributed by atoms with Gasteiger partial charge in [0.25, 0.3) is 0 Å². The molecule has 3 heterocycles.